The lowest BCUT2D eigenvalue weighted by Crippen LogP contribution is -2.44. The minimum atomic E-state index is -4.36. The monoisotopic (exact) mass is 302 g/mol. The summed E-state index contributed by atoms with van der Waals surface area (Å²) in [5, 5.41) is 0. The van der Waals surface area contributed by atoms with Crippen LogP contribution < -0.4 is 0 Å². The van der Waals surface area contributed by atoms with Crippen molar-refractivity contribution in [1.29, 1.82) is 0 Å². The van der Waals surface area contributed by atoms with Gasteiger partial charge in [0.05, 0.1) is 11.8 Å². The third kappa shape index (κ3) is 3.42. The third-order valence-electron chi connectivity index (χ3n) is 5.03. The first-order valence-corrected chi connectivity index (χ1v) is 7.34. The number of rotatable bonds is 1. The van der Waals surface area contributed by atoms with Gasteiger partial charge in [-0.2, -0.15) is 26.3 Å². The van der Waals surface area contributed by atoms with Gasteiger partial charge in [-0.3, -0.25) is 0 Å². The molecule has 0 saturated heterocycles. The highest BCUT2D eigenvalue weighted by molar-refractivity contribution is 4.91. The van der Waals surface area contributed by atoms with Gasteiger partial charge in [0.2, 0.25) is 0 Å². The van der Waals surface area contributed by atoms with Crippen LogP contribution in [-0.2, 0) is 0 Å². The predicted molar refractivity (Wildman–Crippen MR) is 63.0 cm³/mol. The minimum absolute atomic E-state index is 0.00472. The molecule has 0 spiro atoms. The quantitative estimate of drug-likeness (QED) is 0.543. The molecule has 0 nitrogen and oxygen atoms in total. The van der Waals surface area contributed by atoms with E-state index in [0.717, 1.165) is 0 Å². The summed E-state index contributed by atoms with van der Waals surface area (Å²) in [6.45, 7) is 0. The number of halogens is 6. The van der Waals surface area contributed by atoms with Gasteiger partial charge >= 0.3 is 12.4 Å². The zero-order valence-corrected chi connectivity index (χ0v) is 11.2. The van der Waals surface area contributed by atoms with Gasteiger partial charge in [0.25, 0.3) is 0 Å². The third-order valence-corrected chi connectivity index (χ3v) is 5.03. The maximum atomic E-state index is 13.1. The molecule has 0 aromatic heterocycles. The van der Waals surface area contributed by atoms with Gasteiger partial charge in [-0.1, -0.05) is 25.7 Å². The van der Waals surface area contributed by atoms with E-state index in [9.17, 15) is 26.3 Å². The lowest BCUT2D eigenvalue weighted by atomic mass is 9.63. The highest BCUT2D eigenvalue weighted by atomic mass is 19.4. The molecule has 0 aromatic carbocycles. The molecule has 0 heterocycles. The Labute approximate surface area is 114 Å². The molecule has 118 valence electrons. The van der Waals surface area contributed by atoms with Crippen LogP contribution in [0.5, 0.6) is 0 Å². The Morgan fingerprint density at radius 3 is 1.10 bits per heavy atom. The van der Waals surface area contributed by atoms with E-state index in [-0.39, 0.29) is 12.8 Å². The van der Waals surface area contributed by atoms with Crippen molar-refractivity contribution in [2.24, 2.45) is 23.7 Å². The normalized spacial score (nSPS) is 36.9. The van der Waals surface area contributed by atoms with E-state index >= 15 is 0 Å². The molecule has 0 aliphatic heterocycles. The molecule has 2 rings (SSSR count). The fourth-order valence-electron chi connectivity index (χ4n) is 4.16. The van der Waals surface area contributed by atoms with E-state index < -0.39 is 36.0 Å². The Kier molecular flexibility index (Phi) is 4.59. The van der Waals surface area contributed by atoms with Crippen molar-refractivity contribution in [3.63, 3.8) is 0 Å². The number of hydrogen-bond donors (Lipinski definition) is 0. The van der Waals surface area contributed by atoms with Crippen LogP contribution in [0.1, 0.15) is 51.4 Å². The Morgan fingerprint density at radius 1 is 0.500 bits per heavy atom. The van der Waals surface area contributed by atoms with E-state index in [2.05, 4.69) is 0 Å². The van der Waals surface area contributed by atoms with Crippen molar-refractivity contribution < 1.29 is 26.3 Å². The van der Waals surface area contributed by atoms with Crippen molar-refractivity contribution in [3.05, 3.63) is 0 Å². The van der Waals surface area contributed by atoms with Gasteiger partial charge in [0.15, 0.2) is 0 Å². The summed E-state index contributed by atoms with van der Waals surface area (Å²) in [6, 6.07) is 0. The largest absolute Gasteiger partial charge is 0.392 e. The second-order valence-corrected chi connectivity index (χ2v) is 6.19. The van der Waals surface area contributed by atoms with Crippen LogP contribution >= 0.6 is 0 Å². The predicted octanol–water partition coefficient (Wildman–Crippen LogP) is 5.72. The fourth-order valence-corrected chi connectivity index (χ4v) is 4.16. The van der Waals surface area contributed by atoms with Crippen molar-refractivity contribution in [2.45, 2.75) is 63.7 Å². The maximum absolute atomic E-state index is 13.1. The van der Waals surface area contributed by atoms with Crippen molar-refractivity contribution in [2.75, 3.05) is 0 Å². The maximum Gasteiger partial charge on any atom is 0.392 e. The van der Waals surface area contributed by atoms with Crippen LogP contribution in [0.15, 0.2) is 0 Å². The van der Waals surface area contributed by atoms with Crippen LogP contribution in [0, 0.1) is 23.7 Å². The van der Waals surface area contributed by atoms with Gasteiger partial charge in [0.1, 0.15) is 0 Å². The highest BCUT2D eigenvalue weighted by Gasteiger charge is 2.54. The Hall–Kier alpha value is -0.420. The average Bonchev–Trinajstić information content (AvgIpc) is 2.37. The fraction of sp³-hybridized carbons (Fsp3) is 1.00. The Balaban J connectivity index is 2.21. The molecule has 4 unspecified atom stereocenters. The molecule has 2 fully saturated rings. The molecule has 6 heteroatoms. The molecular formula is C14H20F6. The van der Waals surface area contributed by atoms with Crippen LogP contribution in [-0.4, -0.2) is 12.4 Å². The second kappa shape index (κ2) is 5.76. The van der Waals surface area contributed by atoms with Gasteiger partial charge in [-0.05, 0) is 37.5 Å². The number of alkyl halides is 6. The van der Waals surface area contributed by atoms with Crippen LogP contribution in [0.25, 0.3) is 0 Å². The molecule has 0 N–H and O–H groups in total. The molecule has 0 aromatic rings. The van der Waals surface area contributed by atoms with Gasteiger partial charge in [-0.15, -0.1) is 0 Å². The van der Waals surface area contributed by atoms with E-state index in [1.807, 2.05) is 0 Å². The van der Waals surface area contributed by atoms with Crippen LogP contribution in [0.4, 0.5) is 26.3 Å². The molecule has 2 aliphatic rings. The molecule has 4 atom stereocenters. The highest BCUT2D eigenvalue weighted by Crippen LogP contribution is 2.52. The first kappa shape index (κ1) is 16.0. The average molecular weight is 302 g/mol. The summed E-state index contributed by atoms with van der Waals surface area (Å²) in [6.07, 6.45) is -5.95. The van der Waals surface area contributed by atoms with Crippen molar-refractivity contribution in [1.82, 2.24) is 0 Å². The molecule has 0 bridgehead atoms. The first-order valence-electron chi connectivity index (χ1n) is 7.34. The lowest BCUT2D eigenvalue weighted by Gasteiger charge is -2.44. The first-order chi connectivity index (χ1) is 9.21. The summed E-state index contributed by atoms with van der Waals surface area (Å²) in [7, 11) is 0. The van der Waals surface area contributed by atoms with E-state index in [4.69, 9.17) is 0 Å². The van der Waals surface area contributed by atoms with Crippen LogP contribution in [0.3, 0.4) is 0 Å². The van der Waals surface area contributed by atoms with Crippen LogP contribution in [0.2, 0.25) is 0 Å². The molecule has 0 radical (unpaired) electrons. The lowest BCUT2D eigenvalue weighted by molar-refractivity contribution is -0.232. The smallest absolute Gasteiger partial charge is 0.171 e. The van der Waals surface area contributed by atoms with Gasteiger partial charge in [-0.25, -0.2) is 0 Å². The zero-order chi connectivity index (χ0) is 15.0. The summed E-state index contributed by atoms with van der Waals surface area (Å²) in [5.41, 5.74) is 0. The standard InChI is InChI=1S/C14H20F6/c15-13(16,17)11-7-3-1-5-9(11)10-6-2-4-8-12(10)14(18,19)20/h9-12H,1-8H2. The molecular weight excluding hydrogens is 282 g/mol. The van der Waals surface area contributed by atoms with Gasteiger partial charge < -0.3 is 0 Å². The second-order valence-electron chi connectivity index (χ2n) is 6.19. The van der Waals surface area contributed by atoms with E-state index in [1.165, 1.54) is 0 Å². The van der Waals surface area contributed by atoms with Crippen molar-refractivity contribution >= 4 is 0 Å². The zero-order valence-electron chi connectivity index (χ0n) is 11.2. The summed E-state index contributed by atoms with van der Waals surface area (Å²) >= 11 is 0. The number of hydrogen-bond acceptors (Lipinski definition) is 0. The molecule has 2 saturated carbocycles. The van der Waals surface area contributed by atoms with Crippen molar-refractivity contribution in [3.8, 4) is 0 Å². The Bertz CT molecular complexity index is 287. The summed E-state index contributed by atoms with van der Waals surface area (Å²) in [5.74, 6) is -4.75. The summed E-state index contributed by atoms with van der Waals surface area (Å²) < 4.78 is 78.5. The Morgan fingerprint density at radius 2 is 0.800 bits per heavy atom. The minimum Gasteiger partial charge on any atom is -0.171 e. The topological polar surface area (TPSA) is 0 Å². The molecule has 2 aliphatic carbocycles. The van der Waals surface area contributed by atoms with E-state index in [1.54, 1.807) is 0 Å². The van der Waals surface area contributed by atoms with Gasteiger partial charge in [0, 0.05) is 0 Å². The molecule has 0 amide bonds. The molecule has 20 heavy (non-hydrogen) atoms. The SMILES string of the molecule is FC(F)(F)C1CCCCC1C1CCCCC1C(F)(F)F. The van der Waals surface area contributed by atoms with E-state index in [0.29, 0.717) is 38.5 Å². The summed E-state index contributed by atoms with van der Waals surface area (Å²) in [4.78, 5) is 0.